The van der Waals surface area contributed by atoms with Crippen LogP contribution < -0.4 is 21.1 Å². The number of benzene rings is 3. The molecule has 100 heavy (non-hydrogen) atoms. The molecule has 7 heteroatoms. The molecule has 23 atom stereocenters. The second kappa shape index (κ2) is 21.1. The molecule has 7 saturated carbocycles. The molecule has 0 saturated heterocycles. The molecule has 3 aromatic rings. The Morgan fingerprint density at radius 3 is 2.46 bits per heavy atom. The van der Waals surface area contributed by atoms with E-state index in [4.69, 9.17) is 0 Å². The molecule has 0 aromatic heterocycles. The Bertz CT molecular complexity index is 4630. The molecule has 0 radical (unpaired) electrons. The smallest absolute Gasteiger partial charge is 0.307 e. The van der Waals surface area contributed by atoms with Crippen LogP contribution in [0.3, 0.4) is 0 Å². The predicted molar refractivity (Wildman–Crippen MR) is 394 cm³/mol. The van der Waals surface area contributed by atoms with Gasteiger partial charge in [0.1, 0.15) is 0 Å². The molecular weight excluding hydrogens is 1230 g/mol. The van der Waals surface area contributed by atoms with Crippen LogP contribution in [0, 0.1) is 126 Å². The SMILES string of the molecule is CC12C3CCC45CCC6(CC7CC8CCc9ccccc9C8CC7C6)C4C=CC14C(O)CC52C1=C(C3)C23C5C=CC6=c7ccccc7=C7C(=CC8(C=CCC(CC#CC9C=Cc%10ccc(cc%10C79)C7=CC=C(NCCCC(C9CCCCC9)C(=CO)CCC4C(=O)O)NC7)(C(O)C5)C82)C1)C63. The molecule has 4 spiro atoms. The molecule has 7 nitrogen and oxygen atoms in total. The molecule has 514 valence electrons. The summed E-state index contributed by atoms with van der Waals surface area (Å²) >= 11 is 0. The number of hydrogen-bond donors (Lipinski definition) is 6. The van der Waals surface area contributed by atoms with Crippen molar-refractivity contribution in [2.75, 3.05) is 13.1 Å². The fraction of sp³-hybridized carbons (Fsp3) is 0.559. The highest BCUT2D eigenvalue weighted by Crippen LogP contribution is 2.93. The molecule has 3 aromatic carbocycles. The van der Waals surface area contributed by atoms with Crippen molar-refractivity contribution in [2.45, 2.75) is 191 Å². The maximum atomic E-state index is 15.6. The Morgan fingerprint density at radius 2 is 1.60 bits per heavy atom. The van der Waals surface area contributed by atoms with Crippen molar-refractivity contribution in [3.8, 4) is 11.8 Å². The van der Waals surface area contributed by atoms with Gasteiger partial charge >= 0.3 is 5.97 Å². The zero-order valence-electron chi connectivity index (χ0n) is 58.8. The van der Waals surface area contributed by atoms with Gasteiger partial charge in [-0.1, -0.05) is 171 Å². The van der Waals surface area contributed by atoms with Crippen molar-refractivity contribution < 1.29 is 25.2 Å². The number of rotatable bonds is 2. The van der Waals surface area contributed by atoms with Crippen molar-refractivity contribution >= 4 is 28.8 Å². The van der Waals surface area contributed by atoms with Crippen molar-refractivity contribution in [2.24, 2.45) is 114 Å². The van der Waals surface area contributed by atoms with E-state index in [2.05, 4.69) is 163 Å². The number of hydrogen-bond acceptors (Lipinski definition) is 6. The van der Waals surface area contributed by atoms with E-state index < -0.39 is 56.6 Å². The highest BCUT2D eigenvalue weighted by atomic mass is 16.4. The first-order chi connectivity index (χ1) is 48.8. The fourth-order valence-corrected chi connectivity index (χ4v) is 31.8. The first kappa shape index (κ1) is 60.9. The second-order valence-electron chi connectivity index (χ2n) is 37.2. The Hall–Kier alpha value is -6.59. The summed E-state index contributed by atoms with van der Waals surface area (Å²) in [6.45, 7) is 4.16. The van der Waals surface area contributed by atoms with Gasteiger partial charge in [-0.25, -0.2) is 0 Å². The number of nitrogens with one attached hydrogen (secondary N) is 2. The van der Waals surface area contributed by atoms with E-state index in [0.29, 0.717) is 62.3 Å². The number of aliphatic carboxylic acids is 1. The lowest BCUT2D eigenvalue weighted by Crippen LogP contribution is -2.74. The van der Waals surface area contributed by atoms with E-state index in [1.807, 2.05) is 0 Å². The number of carboxylic acids is 1. The maximum Gasteiger partial charge on any atom is 0.307 e. The summed E-state index contributed by atoms with van der Waals surface area (Å²) in [7, 11) is 0. The normalized spacial score (nSPS) is 46.7. The van der Waals surface area contributed by atoms with E-state index in [1.165, 1.54) is 120 Å². The first-order valence-corrected chi connectivity index (χ1v) is 40.4. The number of allylic oxidation sites excluding steroid dienone is 13. The van der Waals surface area contributed by atoms with Gasteiger partial charge in [0.15, 0.2) is 0 Å². The van der Waals surface area contributed by atoms with Gasteiger partial charge in [0.25, 0.3) is 0 Å². The summed E-state index contributed by atoms with van der Waals surface area (Å²) in [6.07, 6.45) is 53.3. The monoisotopic (exact) mass is 1330 g/mol. The standard InChI is InChI=1S/C93H102N2O5/c1-86-64-32-37-90-40-39-87(47-62-42-59-25-22-55-14-5-6-16-67(55)71(59)44-63(62)48-87)77(90)33-38-91(86)74(84(99)100)30-26-61(53-96)66(54-12-3-2-4-13-54)19-10-41-94-80-31-27-60(52-95-80)58-24-21-56-20-23-57-15-9-35-89-36-11-34-88-49-73-82(81(57)72(56)43-58)69-18-8-7-17-68(69)70-29-28-65(46-78(89)97)93(83(70)73,85(88)89)75(45-64)76(50-88)92(86,90)51-79(91)98/h5-8,11,14,16-18,20-21,23-24,27-29,31,33-34,38,43,49,53-54,57,59,62-66,71,74,77-79,81,83,85,94-98H,2-4,10,12-13,19,22,25-26,30,32,35-37,39-42,44-48,50-52H2,1H3,(H,99,100). The Labute approximate surface area is 592 Å². The Morgan fingerprint density at radius 1 is 0.740 bits per heavy atom. The third-order valence-electron chi connectivity index (χ3n) is 34.8. The van der Waals surface area contributed by atoms with Crippen LogP contribution in [0.2, 0.25) is 0 Å². The van der Waals surface area contributed by atoms with E-state index in [0.717, 1.165) is 88.1 Å². The van der Waals surface area contributed by atoms with Crippen molar-refractivity contribution in [1.82, 2.24) is 10.6 Å². The zero-order valence-corrected chi connectivity index (χ0v) is 58.8. The molecule has 6 aliphatic heterocycles. The molecule has 0 amide bonds. The van der Waals surface area contributed by atoms with Crippen LogP contribution in [0.1, 0.15) is 201 Å². The highest BCUT2D eigenvalue weighted by molar-refractivity contribution is 5.88. The third kappa shape index (κ3) is 7.32. The lowest BCUT2D eigenvalue weighted by Gasteiger charge is -2.78. The minimum Gasteiger partial charge on any atom is -0.516 e. The van der Waals surface area contributed by atoms with Crippen molar-refractivity contribution in [1.29, 1.82) is 0 Å². The van der Waals surface area contributed by atoms with E-state index in [-0.39, 0.29) is 58.2 Å². The molecule has 17 aliphatic carbocycles. The maximum absolute atomic E-state index is 15.6. The summed E-state index contributed by atoms with van der Waals surface area (Å²) in [6, 6.07) is 26.3. The number of aliphatic hydroxyl groups is 3. The minimum atomic E-state index is -1.07. The van der Waals surface area contributed by atoms with Crippen LogP contribution in [0.4, 0.5) is 0 Å². The van der Waals surface area contributed by atoms with Crippen LogP contribution in [0.15, 0.2) is 162 Å². The average molecular weight is 1330 g/mol. The summed E-state index contributed by atoms with van der Waals surface area (Å²) in [4.78, 5) is 15.6. The summed E-state index contributed by atoms with van der Waals surface area (Å²) in [5.41, 5.74) is 13.4. The van der Waals surface area contributed by atoms with Gasteiger partial charge in [0.05, 0.1) is 30.2 Å². The number of carbonyl (C=O) groups is 1. The molecule has 26 rings (SSSR count). The van der Waals surface area contributed by atoms with Crippen LogP contribution >= 0.6 is 0 Å². The van der Waals surface area contributed by atoms with Gasteiger partial charge in [-0.15, -0.1) is 5.92 Å². The van der Waals surface area contributed by atoms with E-state index in [9.17, 15) is 20.4 Å². The molecule has 19 bridgehead atoms. The average Bonchev–Trinajstić information content (AvgIpc) is 1.29. The van der Waals surface area contributed by atoms with Crippen LogP contribution in [-0.2, 0) is 11.2 Å². The van der Waals surface area contributed by atoms with Gasteiger partial charge in [-0.2, -0.15) is 0 Å². The Balaban J connectivity index is 0.804. The number of carboxylic acid groups (broad SMARTS) is 1. The summed E-state index contributed by atoms with van der Waals surface area (Å²) in [5, 5.41) is 63.4. The Kier molecular flexibility index (Phi) is 12.8. The molecular formula is C93H102N2O5. The number of aryl methyl sites for hydroxylation is 1. The molecule has 23 unspecified atom stereocenters. The zero-order chi connectivity index (χ0) is 66.7. The van der Waals surface area contributed by atoms with Crippen molar-refractivity contribution in [3.63, 3.8) is 0 Å². The highest BCUT2D eigenvalue weighted by Gasteiger charge is 2.88. The molecule has 7 fully saturated rings. The molecule has 6 heterocycles. The third-order valence-corrected chi connectivity index (χ3v) is 34.8. The van der Waals surface area contributed by atoms with Crippen LogP contribution in [0.5, 0.6) is 0 Å². The predicted octanol–water partition coefficient (Wildman–Crippen LogP) is 16.6. The topological polar surface area (TPSA) is 122 Å². The summed E-state index contributed by atoms with van der Waals surface area (Å²) < 4.78 is 0. The molecule has 6 N–H and O–H groups in total. The van der Waals surface area contributed by atoms with Crippen LogP contribution in [0.25, 0.3) is 22.8 Å². The van der Waals surface area contributed by atoms with Gasteiger partial charge in [-0.05, 0) is 282 Å². The van der Waals surface area contributed by atoms with Gasteiger partial charge < -0.3 is 31.1 Å². The van der Waals surface area contributed by atoms with Gasteiger partial charge in [-0.3, -0.25) is 4.79 Å². The lowest BCUT2D eigenvalue weighted by atomic mass is 9.25. The largest absolute Gasteiger partial charge is 0.516 e. The second-order valence-corrected chi connectivity index (χ2v) is 37.2. The minimum absolute atomic E-state index is 0.0204. The number of aliphatic hydroxyl groups excluding tert-OH is 3. The quantitative estimate of drug-likeness (QED) is 0.0859. The fourth-order valence-electron chi connectivity index (χ4n) is 31.8. The van der Waals surface area contributed by atoms with Crippen LogP contribution in [-0.4, -0.2) is 51.7 Å². The van der Waals surface area contributed by atoms with Gasteiger partial charge in [0, 0.05) is 64.3 Å². The lowest BCUT2D eigenvalue weighted by molar-refractivity contribution is -0.216. The summed E-state index contributed by atoms with van der Waals surface area (Å²) in [5.74, 6) is 11.3. The number of dihydropyridines is 1. The first-order valence-electron chi connectivity index (χ1n) is 40.4. The molecule has 23 aliphatic rings. The van der Waals surface area contributed by atoms with E-state index in [1.54, 1.807) is 22.3 Å². The van der Waals surface area contributed by atoms with Crippen molar-refractivity contribution in [3.05, 3.63) is 200 Å². The van der Waals surface area contributed by atoms with Gasteiger partial charge in [0.2, 0.25) is 0 Å². The number of fused-ring (bicyclic) bond motifs is 6. The van der Waals surface area contributed by atoms with E-state index >= 15 is 4.79 Å².